The lowest BCUT2D eigenvalue weighted by molar-refractivity contribution is -0.167. The molecule has 0 saturated carbocycles. The minimum Gasteiger partial charge on any atom is -0.456 e. The summed E-state index contributed by atoms with van der Waals surface area (Å²) in [5.41, 5.74) is 10.0. The van der Waals surface area contributed by atoms with Crippen LogP contribution in [0.2, 0.25) is 10.0 Å². The van der Waals surface area contributed by atoms with Gasteiger partial charge in [0.05, 0.1) is 10.0 Å². The third kappa shape index (κ3) is 8.56. The van der Waals surface area contributed by atoms with Crippen molar-refractivity contribution >= 4 is 40.5 Å². The van der Waals surface area contributed by atoms with Gasteiger partial charge < -0.3 is 20.5 Å². The van der Waals surface area contributed by atoms with E-state index in [9.17, 15) is 18.0 Å². The summed E-state index contributed by atoms with van der Waals surface area (Å²) in [6.45, 7) is 7.43. The van der Waals surface area contributed by atoms with E-state index < -0.39 is 12.1 Å². The molecule has 3 N–H and O–H groups in total. The van der Waals surface area contributed by atoms with Crippen molar-refractivity contribution in [3.05, 3.63) is 105 Å². The van der Waals surface area contributed by atoms with Crippen molar-refractivity contribution in [3.8, 4) is 23.0 Å². The molecule has 0 bridgehead atoms. The largest absolute Gasteiger partial charge is 0.471 e. The van der Waals surface area contributed by atoms with E-state index in [1.54, 1.807) is 30.4 Å². The zero-order valence-corrected chi connectivity index (χ0v) is 23.6. The van der Waals surface area contributed by atoms with Crippen molar-refractivity contribution in [3.63, 3.8) is 0 Å². The second-order valence-corrected chi connectivity index (χ2v) is 9.83. The molecule has 0 unspecified atom stereocenters. The molecular formula is C30H27Cl2F3N2O3. The summed E-state index contributed by atoms with van der Waals surface area (Å²) in [5, 5.41) is 2.40. The lowest BCUT2D eigenvalue weighted by Gasteiger charge is -2.14. The van der Waals surface area contributed by atoms with Crippen LogP contribution in [0.1, 0.15) is 22.3 Å². The molecule has 4 aromatic carbocycles. The second-order valence-electron chi connectivity index (χ2n) is 9.02. The quantitative estimate of drug-likeness (QED) is 0.227. The summed E-state index contributed by atoms with van der Waals surface area (Å²) < 4.78 is 48.2. The van der Waals surface area contributed by atoms with E-state index in [0.29, 0.717) is 27.8 Å². The van der Waals surface area contributed by atoms with Gasteiger partial charge in [-0.05, 0) is 87.4 Å². The number of amides is 1. The fourth-order valence-electron chi connectivity index (χ4n) is 3.28. The molecule has 4 aromatic rings. The van der Waals surface area contributed by atoms with Gasteiger partial charge in [0.25, 0.3) is 0 Å². The highest BCUT2D eigenvalue weighted by Gasteiger charge is 2.39. The van der Waals surface area contributed by atoms with E-state index in [-0.39, 0.29) is 16.5 Å². The number of nitrogens with two attached hydrogens (primary N) is 1. The van der Waals surface area contributed by atoms with E-state index in [2.05, 4.69) is 0 Å². The number of carbonyl (C=O) groups excluding carboxylic acids is 1. The molecule has 0 spiro atoms. The van der Waals surface area contributed by atoms with Crippen molar-refractivity contribution in [2.45, 2.75) is 33.9 Å². The topological polar surface area (TPSA) is 73.6 Å². The molecule has 0 aliphatic carbocycles. The molecule has 210 valence electrons. The molecule has 40 heavy (non-hydrogen) atoms. The van der Waals surface area contributed by atoms with E-state index in [1.165, 1.54) is 17.7 Å². The van der Waals surface area contributed by atoms with Crippen LogP contribution in [0.15, 0.2) is 72.8 Å². The predicted molar refractivity (Wildman–Crippen MR) is 154 cm³/mol. The van der Waals surface area contributed by atoms with Crippen molar-refractivity contribution < 1.29 is 27.4 Å². The van der Waals surface area contributed by atoms with Crippen LogP contribution in [0.5, 0.6) is 23.0 Å². The van der Waals surface area contributed by atoms with Crippen LogP contribution in [0.3, 0.4) is 0 Å². The fourth-order valence-corrected chi connectivity index (χ4v) is 3.69. The van der Waals surface area contributed by atoms with Crippen LogP contribution in [-0.4, -0.2) is 12.1 Å². The first-order valence-corrected chi connectivity index (χ1v) is 12.7. The van der Waals surface area contributed by atoms with Gasteiger partial charge in [-0.25, -0.2) is 0 Å². The van der Waals surface area contributed by atoms with Gasteiger partial charge in [-0.1, -0.05) is 58.6 Å². The number of nitrogen functional groups attached to an aromatic ring is 1. The monoisotopic (exact) mass is 590 g/mol. The average molecular weight is 591 g/mol. The van der Waals surface area contributed by atoms with Crippen LogP contribution >= 0.6 is 23.2 Å². The van der Waals surface area contributed by atoms with Gasteiger partial charge in [-0.3, -0.25) is 4.79 Å². The van der Waals surface area contributed by atoms with Crippen molar-refractivity contribution in [2.75, 3.05) is 11.1 Å². The Morgan fingerprint density at radius 1 is 0.725 bits per heavy atom. The summed E-state index contributed by atoms with van der Waals surface area (Å²) >= 11 is 12.1. The van der Waals surface area contributed by atoms with Gasteiger partial charge in [0.2, 0.25) is 0 Å². The zero-order chi connectivity index (χ0) is 29.6. The molecule has 4 rings (SSSR count). The van der Waals surface area contributed by atoms with E-state index in [4.69, 9.17) is 38.4 Å². The highest BCUT2D eigenvalue weighted by Crippen LogP contribution is 2.35. The molecule has 0 aromatic heterocycles. The van der Waals surface area contributed by atoms with Gasteiger partial charge in [-0.2, -0.15) is 13.2 Å². The number of ether oxygens (including phenoxy) is 2. The maximum atomic E-state index is 12.3. The zero-order valence-electron chi connectivity index (χ0n) is 22.1. The van der Waals surface area contributed by atoms with Gasteiger partial charge in [-0.15, -0.1) is 0 Å². The molecule has 0 heterocycles. The maximum absolute atomic E-state index is 12.3. The molecular weight excluding hydrogens is 564 g/mol. The lowest BCUT2D eigenvalue weighted by Crippen LogP contribution is -2.30. The Kier molecular flexibility index (Phi) is 9.95. The van der Waals surface area contributed by atoms with Crippen LogP contribution < -0.4 is 20.5 Å². The molecule has 10 heteroatoms. The number of aryl methyl sites for hydroxylation is 4. The van der Waals surface area contributed by atoms with Gasteiger partial charge in [0.1, 0.15) is 23.0 Å². The number of rotatable bonds is 5. The Morgan fingerprint density at radius 3 is 1.60 bits per heavy atom. The molecule has 1 amide bonds. The summed E-state index contributed by atoms with van der Waals surface area (Å²) in [7, 11) is 0. The van der Waals surface area contributed by atoms with Crippen molar-refractivity contribution in [1.82, 2.24) is 0 Å². The summed E-state index contributed by atoms with van der Waals surface area (Å²) in [4.78, 5) is 11.0. The number of hydrogen-bond donors (Lipinski definition) is 2. The Bertz CT molecular complexity index is 1490. The van der Waals surface area contributed by atoms with Crippen LogP contribution in [0, 0.1) is 27.7 Å². The molecule has 5 nitrogen and oxygen atoms in total. The predicted octanol–water partition coefficient (Wildman–Crippen LogP) is 9.58. The second kappa shape index (κ2) is 13.0. The van der Waals surface area contributed by atoms with E-state index >= 15 is 0 Å². The highest BCUT2D eigenvalue weighted by molar-refractivity contribution is 6.32. The molecule has 0 atom stereocenters. The SMILES string of the molecule is Cc1ccc(Oc2cc(C)c(N)cc2Cl)cc1.Cc1ccc(Oc2cc(C)c(NC(=O)C(F)(F)F)cc2Cl)cc1. The van der Waals surface area contributed by atoms with Crippen LogP contribution in [0.4, 0.5) is 24.5 Å². The van der Waals surface area contributed by atoms with Gasteiger partial charge in [0, 0.05) is 11.4 Å². The first kappa shape index (κ1) is 30.7. The number of benzene rings is 4. The minimum atomic E-state index is -4.96. The number of nitrogens with one attached hydrogen (secondary N) is 1. The number of hydrogen-bond acceptors (Lipinski definition) is 4. The minimum absolute atomic E-state index is 0.0198. The van der Waals surface area contributed by atoms with Crippen LogP contribution in [0.25, 0.3) is 0 Å². The Hall–Kier alpha value is -3.88. The molecule has 0 saturated heterocycles. The summed E-state index contributed by atoms with van der Waals surface area (Å²) in [5.74, 6) is 0.176. The molecule has 0 radical (unpaired) electrons. The smallest absolute Gasteiger partial charge is 0.456 e. The molecule has 0 aliphatic heterocycles. The highest BCUT2D eigenvalue weighted by atomic mass is 35.5. The number of alkyl halides is 3. The number of halogens is 5. The third-order valence-corrected chi connectivity index (χ3v) is 6.19. The molecule has 0 aliphatic rings. The van der Waals surface area contributed by atoms with Gasteiger partial charge in [0.15, 0.2) is 0 Å². The Morgan fingerprint density at radius 2 is 1.15 bits per heavy atom. The molecule has 0 fully saturated rings. The van der Waals surface area contributed by atoms with Gasteiger partial charge >= 0.3 is 12.1 Å². The van der Waals surface area contributed by atoms with E-state index in [0.717, 1.165) is 16.9 Å². The normalized spacial score (nSPS) is 10.8. The fraction of sp³-hybridized carbons (Fsp3) is 0.167. The Labute approximate surface area is 240 Å². The Balaban J connectivity index is 0.000000230. The number of carbonyl (C=O) groups is 1. The standard InChI is InChI=1S/C16H13ClF3NO2.C14H14ClNO/c1-9-3-5-11(6-4-9)23-14-7-10(2)13(8-12(14)17)21-15(22)16(18,19)20;1-9-3-5-11(6-4-9)17-14-7-10(2)13(16)8-12(14)15/h3-8H,1-2H3,(H,21,22);3-8H,16H2,1-2H3. The lowest BCUT2D eigenvalue weighted by atomic mass is 10.2. The van der Waals surface area contributed by atoms with E-state index in [1.807, 2.05) is 63.2 Å². The first-order valence-electron chi connectivity index (χ1n) is 12.0. The summed E-state index contributed by atoms with van der Waals surface area (Å²) in [6, 6.07) is 21.3. The van der Waals surface area contributed by atoms with Crippen molar-refractivity contribution in [2.24, 2.45) is 0 Å². The maximum Gasteiger partial charge on any atom is 0.471 e. The van der Waals surface area contributed by atoms with Crippen molar-refractivity contribution in [1.29, 1.82) is 0 Å². The average Bonchev–Trinajstić information content (AvgIpc) is 2.88. The number of anilines is 2. The third-order valence-electron chi connectivity index (χ3n) is 5.60. The van der Waals surface area contributed by atoms with Crippen LogP contribution in [-0.2, 0) is 4.79 Å². The summed E-state index contributed by atoms with van der Waals surface area (Å²) in [6.07, 6.45) is -4.96. The first-order chi connectivity index (χ1) is 18.7.